The number of rotatable bonds is 5. The topological polar surface area (TPSA) is 63.6 Å². The van der Waals surface area contributed by atoms with E-state index >= 15 is 0 Å². The summed E-state index contributed by atoms with van der Waals surface area (Å²) in [7, 11) is 1.66. The van der Waals surface area contributed by atoms with Crippen molar-refractivity contribution >= 4 is 5.91 Å². The molecule has 1 saturated heterocycles. The third-order valence-corrected chi connectivity index (χ3v) is 4.00. The fourth-order valence-electron chi connectivity index (χ4n) is 2.49. The Morgan fingerprint density at radius 1 is 1.48 bits per heavy atom. The van der Waals surface area contributed by atoms with Crippen LogP contribution in [0, 0.1) is 6.92 Å². The van der Waals surface area contributed by atoms with E-state index in [1.807, 2.05) is 6.92 Å². The van der Waals surface area contributed by atoms with Crippen molar-refractivity contribution in [3.8, 4) is 0 Å². The highest BCUT2D eigenvalue weighted by atomic mass is 19.3. The van der Waals surface area contributed by atoms with Crippen LogP contribution in [0.3, 0.4) is 0 Å². The molecular formula is C15H21F2N3O3. The van der Waals surface area contributed by atoms with Gasteiger partial charge in [-0.2, -0.15) is 0 Å². The van der Waals surface area contributed by atoms with E-state index in [0.717, 1.165) is 5.69 Å². The highest BCUT2D eigenvalue weighted by molar-refractivity contribution is 5.82. The molecule has 1 aliphatic heterocycles. The molecule has 0 radical (unpaired) electrons. The molecule has 1 aromatic heterocycles. The summed E-state index contributed by atoms with van der Waals surface area (Å²) >= 11 is 0. The lowest BCUT2D eigenvalue weighted by molar-refractivity contribution is -0.134. The maximum absolute atomic E-state index is 12.6. The number of ether oxygens (including phenoxy) is 1. The molecule has 1 amide bonds. The summed E-state index contributed by atoms with van der Waals surface area (Å²) in [6.07, 6.45) is -2.51. The van der Waals surface area contributed by atoms with Gasteiger partial charge in [-0.15, -0.1) is 0 Å². The summed E-state index contributed by atoms with van der Waals surface area (Å²) in [5.41, 5.74) is 1.08. The maximum atomic E-state index is 12.6. The molecule has 1 aromatic rings. The molecule has 0 bridgehead atoms. The zero-order valence-corrected chi connectivity index (χ0v) is 13.2. The normalized spacial score (nSPS) is 19.1. The SMILES string of the molecule is Cc1ccc(CNC(=O)C2COCCN2CC(F)F)c(=O)n1C. The molecule has 128 valence electrons. The smallest absolute Gasteiger partial charge is 0.255 e. The number of carbonyl (C=O) groups excluding carboxylic acids is 1. The Bertz CT molecular complexity index is 618. The fourth-order valence-corrected chi connectivity index (χ4v) is 2.49. The van der Waals surface area contributed by atoms with Crippen LogP contribution in [0.1, 0.15) is 11.3 Å². The van der Waals surface area contributed by atoms with E-state index in [9.17, 15) is 18.4 Å². The molecule has 0 aromatic carbocycles. The first-order valence-corrected chi connectivity index (χ1v) is 7.43. The second-order valence-electron chi connectivity index (χ2n) is 5.56. The van der Waals surface area contributed by atoms with Gasteiger partial charge in [-0.3, -0.25) is 14.5 Å². The highest BCUT2D eigenvalue weighted by Crippen LogP contribution is 2.10. The predicted octanol–water partition coefficient (Wildman–Crippen LogP) is 0.276. The van der Waals surface area contributed by atoms with Gasteiger partial charge in [0.25, 0.3) is 12.0 Å². The molecule has 1 aliphatic rings. The number of amides is 1. The molecule has 2 rings (SSSR count). The second-order valence-corrected chi connectivity index (χ2v) is 5.56. The van der Waals surface area contributed by atoms with Crippen molar-refractivity contribution in [2.75, 3.05) is 26.3 Å². The number of nitrogens with one attached hydrogen (secondary N) is 1. The quantitative estimate of drug-likeness (QED) is 0.843. The van der Waals surface area contributed by atoms with Gasteiger partial charge in [0.2, 0.25) is 5.91 Å². The van der Waals surface area contributed by atoms with E-state index in [2.05, 4.69) is 5.32 Å². The van der Waals surface area contributed by atoms with Gasteiger partial charge in [-0.1, -0.05) is 6.07 Å². The number of carbonyl (C=O) groups is 1. The van der Waals surface area contributed by atoms with Crippen molar-refractivity contribution in [2.24, 2.45) is 7.05 Å². The molecule has 0 saturated carbocycles. The monoisotopic (exact) mass is 329 g/mol. The van der Waals surface area contributed by atoms with Gasteiger partial charge in [0.05, 0.1) is 19.8 Å². The summed E-state index contributed by atoms with van der Waals surface area (Å²) in [5, 5.41) is 2.64. The minimum absolute atomic E-state index is 0.0603. The lowest BCUT2D eigenvalue weighted by Crippen LogP contribution is -2.54. The average molecular weight is 329 g/mol. The molecule has 1 N–H and O–H groups in total. The number of hydrogen-bond donors (Lipinski definition) is 1. The molecular weight excluding hydrogens is 308 g/mol. The van der Waals surface area contributed by atoms with Crippen molar-refractivity contribution in [3.63, 3.8) is 0 Å². The number of pyridine rings is 1. The van der Waals surface area contributed by atoms with E-state index in [1.165, 1.54) is 9.47 Å². The zero-order chi connectivity index (χ0) is 17.0. The van der Waals surface area contributed by atoms with Crippen LogP contribution in [-0.2, 0) is 23.1 Å². The van der Waals surface area contributed by atoms with Crippen molar-refractivity contribution < 1.29 is 18.3 Å². The second kappa shape index (κ2) is 7.65. The molecule has 2 heterocycles. The first kappa shape index (κ1) is 17.6. The molecule has 6 nitrogen and oxygen atoms in total. The number of halogens is 2. The Morgan fingerprint density at radius 3 is 2.91 bits per heavy atom. The van der Waals surface area contributed by atoms with Crippen LogP contribution in [0.4, 0.5) is 8.78 Å². The molecule has 0 aliphatic carbocycles. The Kier molecular flexibility index (Phi) is 5.84. The number of alkyl halides is 2. The number of aryl methyl sites for hydroxylation is 1. The van der Waals surface area contributed by atoms with E-state index in [1.54, 1.807) is 19.2 Å². The Balaban J connectivity index is 2.01. The minimum Gasteiger partial charge on any atom is -0.378 e. The van der Waals surface area contributed by atoms with Gasteiger partial charge in [-0.05, 0) is 13.0 Å². The van der Waals surface area contributed by atoms with Crippen LogP contribution in [-0.4, -0.2) is 54.1 Å². The molecule has 1 unspecified atom stereocenters. The fraction of sp³-hybridized carbons (Fsp3) is 0.600. The van der Waals surface area contributed by atoms with Crippen LogP contribution in [0.5, 0.6) is 0 Å². The van der Waals surface area contributed by atoms with Crippen LogP contribution in [0.15, 0.2) is 16.9 Å². The average Bonchev–Trinajstić information content (AvgIpc) is 2.51. The Labute approximate surface area is 133 Å². The number of hydrogen-bond acceptors (Lipinski definition) is 4. The lowest BCUT2D eigenvalue weighted by atomic mass is 10.2. The molecule has 8 heteroatoms. The van der Waals surface area contributed by atoms with Gasteiger partial charge in [0.1, 0.15) is 6.04 Å². The van der Waals surface area contributed by atoms with E-state index < -0.39 is 24.9 Å². The van der Waals surface area contributed by atoms with Gasteiger partial charge in [0, 0.05) is 31.4 Å². The first-order chi connectivity index (χ1) is 10.9. The van der Waals surface area contributed by atoms with Crippen LogP contribution in [0.25, 0.3) is 0 Å². The molecule has 23 heavy (non-hydrogen) atoms. The van der Waals surface area contributed by atoms with Gasteiger partial charge in [-0.25, -0.2) is 8.78 Å². The van der Waals surface area contributed by atoms with Crippen LogP contribution in [0.2, 0.25) is 0 Å². The summed E-state index contributed by atoms with van der Waals surface area (Å²) in [4.78, 5) is 25.7. The van der Waals surface area contributed by atoms with Crippen molar-refractivity contribution in [3.05, 3.63) is 33.7 Å². The van der Waals surface area contributed by atoms with Crippen LogP contribution >= 0.6 is 0 Å². The highest BCUT2D eigenvalue weighted by Gasteiger charge is 2.31. The standard InChI is InChI=1S/C15H21F2N3O3/c1-10-3-4-11(15(22)19(10)2)7-18-14(21)12-9-23-6-5-20(12)8-13(16)17/h3-4,12-13H,5-9H2,1-2H3,(H,18,21). The zero-order valence-electron chi connectivity index (χ0n) is 13.2. The predicted molar refractivity (Wildman–Crippen MR) is 80.5 cm³/mol. The lowest BCUT2D eigenvalue weighted by Gasteiger charge is -2.34. The molecule has 1 fully saturated rings. The van der Waals surface area contributed by atoms with Gasteiger partial charge < -0.3 is 14.6 Å². The van der Waals surface area contributed by atoms with Crippen molar-refractivity contribution in [1.29, 1.82) is 0 Å². The molecule has 1 atom stereocenters. The van der Waals surface area contributed by atoms with Gasteiger partial charge in [0.15, 0.2) is 0 Å². The van der Waals surface area contributed by atoms with E-state index in [-0.39, 0.29) is 25.3 Å². The first-order valence-electron chi connectivity index (χ1n) is 7.43. The number of nitrogens with zero attached hydrogens (tertiary/aromatic N) is 2. The van der Waals surface area contributed by atoms with Crippen LogP contribution < -0.4 is 10.9 Å². The van der Waals surface area contributed by atoms with Crippen molar-refractivity contribution in [2.45, 2.75) is 25.9 Å². The summed E-state index contributed by atoms with van der Waals surface area (Å²) < 4.78 is 31.9. The van der Waals surface area contributed by atoms with Gasteiger partial charge >= 0.3 is 0 Å². The van der Waals surface area contributed by atoms with Crippen molar-refractivity contribution in [1.82, 2.24) is 14.8 Å². The Morgan fingerprint density at radius 2 is 2.22 bits per heavy atom. The number of morpholine rings is 1. The Hall–Kier alpha value is -1.80. The minimum atomic E-state index is -2.51. The summed E-state index contributed by atoms with van der Waals surface area (Å²) in [6.45, 7) is 2.10. The largest absolute Gasteiger partial charge is 0.378 e. The maximum Gasteiger partial charge on any atom is 0.255 e. The molecule has 0 spiro atoms. The summed E-state index contributed by atoms with van der Waals surface area (Å²) in [6, 6.07) is 2.69. The number of aromatic nitrogens is 1. The van der Waals surface area contributed by atoms with E-state index in [0.29, 0.717) is 12.2 Å². The van der Waals surface area contributed by atoms with E-state index in [4.69, 9.17) is 4.74 Å². The third kappa shape index (κ3) is 4.35. The summed E-state index contributed by atoms with van der Waals surface area (Å²) in [5.74, 6) is -0.409. The third-order valence-electron chi connectivity index (χ3n) is 4.00.